The first-order valence-electron chi connectivity index (χ1n) is 7.67. The van der Waals surface area contributed by atoms with Gasteiger partial charge in [0.05, 0.1) is 6.42 Å². The second-order valence-electron chi connectivity index (χ2n) is 6.07. The van der Waals surface area contributed by atoms with Crippen molar-refractivity contribution in [3.8, 4) is 0 Å². The Balaban J connectivity index is 1.91. The Hall–Kier alpha value is -1.35. The molecule has 0 aliphatic heterocycles. The zero-order valence-electron chi connectivity index (χ0n) is 12.1. The van der Waals surface area contributed by atoms with Gasteiger partial charge >= 0.3 is 5.97 Å². The van der Waals surface area contributed by atoms with Gasteiger partial charge in [-0.3, -0.25) is 4.79 Å². The highest BCUT2D eigenvalue weighted by atomic mass is 16.4. The summed E-state index contributed by atoms with van der Waals surface area (Å²) in [6.45, 7) is 1.64. The fourth-order valence-electron chi connectivity index (χ4n) is 3.28. The Kier molecular flexibility index (Phi) is 5.60. The Morgan fingerprint density at radius 1 is 1.10 bits per heavy atom. The number of benzene rings is 1. The van der Waals surface area contributed by atoms with Crippen molar-refractivity contribution in [2.24, 2.45) is 5.41 Å². The molecule has 0 amide bonds. The highest BCUT2D eigenvalue weighted by Gasteiger charge is 2.32. The van der Waals surface area contributed by atoms with Crippen molar-refractivity contribution in [3.05, 3.63) is 35.9 Å². The van der Waals surface area contributed by atoms with Crippen LogP contribution >= 0.6 is 0 Å². The van der Waals surface area contributed by atoms with E-state index < -0.39 is 5.97 Å². The molecule has 2 rings (SSSR count). The molecule has 1 fully saturated rings. The lowest BCUT2D eigenvalue weighted by Gasteiger charge is -2.31. The van der Waals surface area contributed by atoms with E-state index in [1.54, 1.807) is 0 Å². The molecule has 3 nitrogen and oxygen atoms in total. The number of nitrogens with one attached hydrogen (secondary N) is 1. The third-order valence-electron chi connectivity index (χ3n) is 4.36. The van der Waals surface area contributed by atoms with E-state index in [2.05, 4.69) is 17.4 Å². The lowest BCUT2D eigenvalue weighted by Crippen LogP contribution is -2.35. The van der Waals surface area contributed by atoms with Crippen LogP contribution in [-0.2, 0) is 11.3 Å². The summed E-state index contributed by atoms with van der Waals surface area (Å²) in [4.78, 5) is 11.2. The van der Waals surface area contributed by atoms with Crippen LogP contribution in [0.4, 0.5) is 0 Å². The van der Waals surface area contributed by atoms with E-state index in [0.29, 0.717) is 6.42 Å². The minimum Gasteiger partial charge on any atom is -0.481 e. The topological polar surface area (TPSA) is 49.3 Å². The van der Waals surface area contributed by atoms with Crippen molar-refractivity contribution < 1.29 is 9.90 Å². The quantitative estimate of drug-likeness (QED) is 0.780. The van der Waals surface area contributed by atoms with Gasteiger partial charge in [-0.1, -0.05) is 56.0 Å². The van der Waals surface area contributed by atoms with Crippen LogP contribution in [0.15, 0.2) is 30.3 Å². The lowest BCUT2D eigenvalue weighted by atomic mass is 9.77. The van der Waals surface area contributed by atoms with Crippen molar-refractivity contribution >= 4 is 5.97 Å². The largest absolute Gasteiger partial charge is 0.481 e. The molecule has 20 heavy (non-hydrogen) atoms. The highest BCUT2D eigenvalue weighted by Crippen LogP contribution is 2.37. The van der Waals surface area contributed by atoms with E-state index in [1.807, 2.05) is 18.2 Å². The molecule has 0 spiro atoms. The van der Waals surface area contributed by atoms with Gasteiger partial charge in [-0.25, -0.2) is 0 Å². The predicted octanol–water partition coefficient (Wildman–Crippen LogP) is 3.59. The van der Waals surface area contributed by atoms with Crippen LogP contribution in [-0.4, -0.2) is 17.6 Å². The normalized spacial score (nSPS) is 18.4. The Morgan fingerprint density at radius 2 is 1.75 bits per heavy atom. The maximum Gasteiger partial charge on any atom is 0.303 e. The van der Waals surface area contributed by atoms with E-state index in [1.165, 1.54) is 31.2 Å². The summed E-state index contributed by atoms with van der Waals surface area (Å²) in [5.41, 5.74) is 1.21. The maximum atomic E-state index is 11.2. The number of rotatable bonds is 6. The van der Waals surface area contributed by atoms with Gasteiger partial charge < -0.3 is 10.4 Å². The van der Waals surface area contributed by atoms with Gasteiger partial charge in [0.15, 0.2) is 0 Å². The van der Waals surface area contributed by atoms with Gasteiger partial charge in [-0.05, 0) is 23.8 Å². The molecule has 0 bridgehead atoms. The molecule has 0 saturated heterocycles. The molecule has 3 heteroatoms. The second kappa shape index (κ2) is 7.44. The Labute approximate surface area is 121 Å². The van der Waals surface area contributed by atoms with Crippen molar-refractivity contribution in [2.75, 3.05) is 6.54 Å². The van der Waals surface area contributed by atoms with Crippen molar-refractivity contribution in [1.29, 1.82) is 0 Å². The molecule has 0 heterocycles. The summed E-state index contributed by atoms with van der Waals surface area (Å²) in [6, 6.07) is 10.3. The molecule has 2 N–H and O–H groups in total. The molecule has 1 aromatic carbocycles. The van der Waals surface area contributed by atoms with Gasteiger partial charge in [0.2, 0.25) is 0 Å². The fourth-order valence-corrected chi connectivity index (χ4v) is 3.28. The first-order valence-corrected chi connectivity index (χ1v) is 7.67. The summed E-state index contributed by atoms with van der Waals surface area (Å²) in [6.07, 6.45) is 7.22. The molecular formula is C17H25NO2. The minimum absolute atomic E-state index is 0.0445. The van der Waals surface area contributed by atoms with Crippen LogP contribution in [0.3, 0.4) is 0 Å². The number of carbonyl (C=O) groups is 1. The summed E-state index contributed by atoms with van der Waals surface area (Å²) >= 11 is 0. The predicted molar refractivity (Wildman–Crippen MR) is 80.5 cm³/mol. The van der Waals surface area contributed by atoms with Gasteiger partial charge in [0, 0.05) is 13.1 Å². The van der Waals surface area contributed by atoms with Crippen molar-refractivity contribution in [2.45, 2.75) is 51.5 Å². The smallest absolute Gasteiger partial charge is 0.303 e. The average Bonchev–Trinajstić information content (AvgIpc) is 2.65. The molecular weight excluding hydrogens is 250 g/mol. The molecule has 0 radical (unpaired) electrons. The Bertz CT molecular complexity index is 408. The van der Waals surface area contributed by atoms with Gasteiger partial charge in [0.1, 0.15) is 0 Å². The van der Waals surface area contributed by atoms with E-state index in [4.69, 9.17) is 0 Å². The molecule has 0 unspecified atom stereocenters. The molecule has 0 aromatic heterocycles. The molecule has 1 aliphatic rings. The molecule has 1 aliphatic carbocycles. The number of carboxylic acid groups (broad SMARTS) is 1. The van der Waals surface area contributed by atoms with Crippen molar-refractivity contribution in [1.82, 2.24) is 5.32 Å². The molecule has 0 atom stereocenters. The maximum absolute atomic E-state index is 11.2. The first-order chi connectivity index (χ1) is 9.70. The fraction of sp³-hybridized carbons (Fsp3) is 0.588. The summed E-state index contributed by atoms with van der Waals surface area (Å²) < 4.78 is 0. The number of hydrogen-bond donors (Lipinski definition) is 2. The van der Waals surface area contributed by atoms with Crippen LogP contribution in [0.5, 0.6) is 0 Å². The van der Waals surface area contributed by atoms with Crippen LogP contribution in [0, 0.1) is 5.41 Å². The molecule has 1 saturated carbocycles. The standard InChI is InChI=1S/C17H25NO2/c19-16(20)12-17(10-6-1-2-7-11-17)14-18-13-15-8-4-3-5-9-15/h3-5,8-9,18H,1-2,6-7,10-14H2,(H,19,20). The summed E-state index contributed by atoms with van der Waals surface area (Å²) in [5, 5.41) is 12.7. The van der Waals surface area contributed by atoms with E-state index in [-0.39, 0.29) is 5.41 Å². The molecule has 110 valence electrons. The number of carboxylic acids is 1. The van der Waals surface area contributed by atoms with E-state index in [0.717, 1.165) is 25.9 Å². The third-order valence-corrected chi connectivity index (χ3v) is 4.36. The Morgan fingerprint density at radius 3 is 2.35 bits per heavy atom. The zero-order chi connectivity index (χ0) is 14.3. The van der Waals surface area contributed by atoms with Gasteiger partial charge in [0.25, 0.3) is 0 Å². The van der Waals surface area contributed by atoms with Crippen LogP contribution in [0.1, 0.15) is 50.5 Å². The summed E-state index contributed by atoms with van der Waals surface area (Å²) in [5.74, 6) is -0.659. The van der Waals surface area contributed by atoms with Crippen LogP contribution in [0.2, 0.25) is 0 Å². The van der Waals surface area contributed by atoms with Crippen LogP contribution < -0.4 is 5.32 Å². The van der Waals surface area contributed by atoms with Crippen LogP contribution in [0.25, 0.3) is 0 Å². The molecule has 1 aromatic rings. The number of aliphatic carboxylic acids is 1. The van der Waals surface area contributed by atoms with Gasteiger partial charge in [-0.2, -0.15) is 0 Å². The minimum atomic E-state index is -0.659. The lowest BCUT2D eigenvalue weighted by molar-refractivity contribution is -0.140. The first kappa shape index (κ1) is 15.0. The van der Waals surface area contributed by atoms with Crippen molar-refractivity contribution in [3.63, 3.8) is 0 Å². The second-order valence-corrected chi connectivity index (χ2v) is 6.07. The summed E-state index contributed by atoms with van der Waals surface area (Å²) in [7, 11) is 0. The average molecular weight is 275 g/mol. The SMILES string of the molecule is O=C(O)CC1(CNCc2ccccc2)CCCCCC1. The number of hydrogen-bond acceptors (Lipinski definition) is 2. The monoisotopic (exact) mass is 275 g/mol. The van der Waals surface area contributed by atoms with E-state index in [9.17, 15) is 9.90 Å². The van der Waals surface area contributed by atoms with E-state index >= 15 is 0 Å². The zero-order valence-corrected chi connectivity index (χ0v) is 12.1. The highest BCUT2D eigenvalue weighted by molar-refractivity contribution is 5.67. The van der Waals surface area contributed by atoms with Gasteiger partial charge in [-0.15, -0.1) is 0 Å². The third kappa shape index (κ3) is 4.64.